The molecule has 0 fully saturated rings. The van der Waals surface area contributed by atoms with Gasteiger partial charge in [-0.2, -0.15) is 0 Å². The van der Waals surface area contributed by atoms with Gasteiger partial charge in [0.05, 0.1) is 20.3 Å². The smallest absolute Gasteiger partial charge is 0.168 e. The van der Waals surface area contributed by atoms with Gasteiger partial charge >= 0.3 is 0 Å². The van der Waals surface area contributed by atoms with Crippen LogP contribution in [0.2, 0.25) is 0 Å². The number of hydrogen-bond acceptors (Lipinski definition) is 4. The fourth-order valence-corrected chi connectivity index (χ4v) is 2.52. The van der Waals surface area contributed by atoms with Crippen LogP contribution in [0, 0.1) is 0 Å². The number of methoxy groups -OCH3 is 1. The minimum absolute atomic E-state index is 0.0391. The Bertz CT molecular complexity index is 680. The van der Waals surface area contributed by atoms with E-state index in [4.69, 9.17) is 14.2 Å². The van der Waals surface area contributed by atoms with E-state index in [0.717, 1.165) is 24.0 Å². The highest BCUT2D eigenvalue weighted by Gasteiger charge is 2.08. The highest BCUT2D eigenvalue weighted by Crippen LogP contribution is 2.29. The Balaban J connectivity index is 2.11. The van der Waals surface area contributed by atoms with Gasteiger partial charge in [-0.1, -0.05) is 62.6 Å². The summed E-state index contributed by atoms with van der Waals surface area (Å²) in [6.45, 7) is 2.81. The lowest BCUT2D eigenvalue weighted by Gasteiger charge is -2.13. The first-order chi connectivity index (χ1) is 12.8. The van der Waals surface area contributed by atoms with Gasteiger partial charge < -0.3 is 19.3 Å². The summed E-state index contributed by atoms with van der Waals surface area (Å²) in [5, 5.41) is 9.25. The second-order valence-electron chi connectivity index (χ2n) is 6.02. The molecule has 0 aliphatic rings. The molecule has 0 saturated heterocycles. The van der Waals surface area contributed by atoms with Crippen LogP contribution in [0.15, 0.2) is 54.8 Å². The van der Waals surface area contributed by atoms with E-state index in [1.54, 1.807) is 31.6 Å². The largest absolute Gasteiger partial charge is 0.493 e. The molecule has 2 rings (SSSR count). The van der Waals surface area contributed by atoms with Gasteiger partial charge in [-0.05, 0) is 24.1 Å². The van der Waals surface area contributed by atoms with Crippen LogP contribution in [0.1, 0.15) is 43.7 Å². The van der Waals surface area contributed by atoms with Crippen LogP contribution in [0.4, 0.5) is 0 Å². The quantitative estimate of drug-likeness (QED) is 0.446. The van der Waals surface area contributed by atoms with E-state index in [0.29, 0.717) is 23.9 Å². The molecular formula is C22H28O4. The van der Waals surface area contributed by atoms with E-state index in [1.807, 2.05) is 30.3 Å². The van der Waals surface area contributed by atoms with Crippen molar-refractivity contribution in [1.82, 2.24) is 0 Å². The molecule has 0 aliphatic carbocycles. The van der Waals surface area contributed by atoms with E-state index < -0.39 is 0 Å². The maximum absolute atomic E-state index is 9.25. The average Bonchev–Trinajstić information content (AvgIpc) is 2.70. The molecule has 1 N–H and O–H groups in total. The van der Waals surface area contributed by atoms with Crippen LogP contribution in [0.3, 0.4) is 0 Å². The van der Waals surface area contributed by atoms with Crippen molar-refractivity contribution < 1.29 is 19.3 Å². The van der Waals surface area contributed by atoms with Crippen molar-refractivity contribution in [1.29, 1.82) is 0 Å². The molecule has 0 atom stereocenters. The number of benzene rings is 2. The number of aliphatic hydroxyl groups is 1. The molecule has 2 aromatic rings. The molecule has 0 saturated carbocycles. The SMILES string of the molecule is CCCCCCOC(=COc1ccc(CO)cc1OC)c1ccccc1. The molecule has 140 valence electrons. The Morgan fingerprint density at radius 3 is 2.50 bits per heavy atom. The lowest BCUT2D eigenvalue weighted by atomic mass is 10.2. The highest BCUT2D eigenvalue weighted by atomic mass is 16.5. The van der Waals surface area contributed by atoms with Crippen molar-refractivity contribution in [3.8, 4) is 11.5 Å². The zero-order chi connectivity index (χ0) is 18.6. The summed E-state index contributed by atoms with van der Waals surface area (Å²) in [6, 6.07) is 15.3. The van der Waals surface area contributed by atoms with Crippen LogP contribution >= 0.6 is 0 Å². The maximum atomic E-state index is 9.25. The molecule has 4 heteroatoms. The van der Waals surface area contributed by atoms with Gasteiger partial charge in [-0.25, -0.2) is 0 Å². The van der Waals surface area contributed by atoms with Crippen LogP contribution in [0.5, 0.6) is 11.5 Å². The fourth-order valence-electron chi connectivity index (χ4n) is 2.52. The molecule has 0 heterocycles. The molecule has 0 aliphatic heterocycles. The third kappa shape index (κ3) is 6.12. The number of rotatable bonds is 11. The zero-order valence-electron chi connectivity index (χ0n) is 15.6. The summed E-state index contributed by atoms with van der Waals surface area (Å²) >= 11 is 0. The van der Waals surface area contributed by atoms with Crippen LogP contribution < -0.4 is 9.47 Å². The van der Waals surface area contributed by atoms with E-state index in [1.165, 1.54) is 12.8 Å². The van der Waals surface area contributed by atoms with Crippen LogP contribution in [-0.4, -0.2) is 18.8 Å². The van der Waals surface area contributed by atoms with E-state index in [2.05, 4.69) is 6.92 Å². The first-order valence-corrected chi connectivity index (χ1v) is 9.11. The van der Waals surface area contributed by atoms with Crippen molar-refractivity contribution in [2.24, 2.45) is 0 Å². The Morgan fingerprint density at radius 2 is 1.81 bits per heavy atom. The van der Waals surface area contributed by atoms with Crippen molar-refractivity contribution in [2.75, 3.05) is 13.7 Å². The van der Waals surface area contributed by atoms with Gasteiger partial charge in [0.1, 0.15) is 6.26 Å². The summed E-state index contributed by atoms with van der Waals surface area (Å²) in [4.78, 5) is 0. The number of hydrogen-bond donors (Lipinski definition) is 1. The molecule has 0 unspecified atom stereocenters. The summed E-state index contributed by atoms with van der Waals surface area (Å²) < 4.78 is 17.1. The van der Waals surface area contributed by atoms with E-state index in [-0.39, 0.29) is 6.61 Å². The minimum atomic E-state index is -0.0391. The number of aliphatic hydroxyl groups excluding tert-OH is 1. The van der Waals surface area contributed by atoms with Gasteiger partial charge in [0, 0.05) is 5.56 Å². The number of unbranched alkanes of at least 4 members (excludes halogenated alkanes) is 3. The topological polar surface area (TPSA) is 47.9 Å². The summed E-state index contributed by atoms with van der Waals surface area (Å²) in [6.07, 6.45) is 6.22. The first-order valence-electron chi connectivity index (χ1n) is 9.11. The van der Waals surface area contributed by atoms with Crippen LogP contribution in [-0.2, 0) is 11.3 Å². The van der Waals surface area contributed by atoms with Crippen LogP contribution in [0.25, 0.3) is 5.76 Å². The molecular weight excluding hydrogens is 328 g/mol. The summed E-state index contributed by atoms with van der Waals surface area (Å²) in [5.74, 6) is 1.84. The van der Waals surface area contributed by atoms with Crippen molar-refractivity contribution in [2.45, 2.75) is 39.2 Å². The zero-order valence-corrected chi connectivity index (χ0v) is 15.6. The van der Waals surface area contributed by atoms with Gasteiger partial charge in [0.15, 0.2) is 17.3 Å². The lowest BCUT2D eigenvalue weighted by molar-refractivity contribution is 0.258. The molecule has 4 nitrogen and oxygen atoms in total. The third-order valence-corrected chi connectivity index (χ3v) is 4.02. The molecule has 0 aromatic heterocycles. The Kier molecular flexibility index (Phi) is 8.56. The molecule has 26 heavy (non-hydrogen) atoms. The fraction of sp³-hybridized carbons (Fsp3) is 0.364. The standard InChI is InChI=1S/C22H28O4/c1-3-4-5-9-14-25-22(19-10-7-6-8-11-19)17-26-20-13-12-18(16-23)15-21(20)24-2/h6-8,10-13,15,17,23H,3-5,9,14,16H2,1-2H3. The third-order valence-electron chi connectivity index (χ3n) is 4.02. The normalized spacial score (nSPS) is 11.3. The van der Waals surface area contributed by atoms with Gasteiger partial charge in [0.25, 0.3) is 0 Å². The van der Waals surface area contributed by atoms with Gasteiger partial charge in [0.2, 0.25) is 0 Å². The maximum Gasteiger partial charge on any atom is 0.168 e. The van der Waals surface area contributed by atoms with Gasteiger partial charge in [-0.3, -0.25) is 0 Å². The van der Waals surface area contributed by atoms with Crippen molar-refractivity contribution in [3.63, 3.8) is 0 Å². The summed E-state index contributed by atoms with van der Waals surface area (Å²) in [7, 11) is 1.58. The van der Waals surface area contributed by atoms with E-state index >= 15 is 0 Å². The van der Waals surface area contributed by atoms with E-state index in [9.17, 15) is 5.11 Å². The Morgan fingerprint density at radius 1 is 1.00 bits per heavy atom. The predicted molar refractivity (Wildman–Crippen MR) is 104 cm³/mol. The summed E-state index contributed by atoms with van der Waals surface area (Å²) in [5.41, 5.74) is 1.74. The molecule has 0 spiro atoms. The Labute approximate surface area is 156 Å². The molecule has 0 bridgehead atoms. The second-order valence-corrected chi connectivity index (χ2v) is 6.02. The van der Waals surface area contributed by atoms with Crippen molar-refractivity contribution >= 4 is 5.76 Å². The molecule has 2 aromatic carbocycles. The van der Waals surface area contributed by atoms with Gasteiger partial charge in [-0.15, -0.1) is 0 Å². The number of ether oxygens (including phenoxy) is 3. The van der Waals surface area contributed by atoms with Crippen molar-refractivity contribution in [3.05, 3.63) is 65.9 Å². The highest BCUT2D eigenvalue weighted by molar-refractivity contribution is 5.59. The monoisotopic (exact) mass is 356 g/mol. The minimum Gasteiger partial charge on any atom is -0.493 e. The molecule has 0 radical (unpaired) electrons. The molecule has 0 amide bonds. The predicted octanol–water partition coefficient (Wildman–Crippen LogP) is 5.16. The Hall–Kier alpha value is -2.46. The average molecular weight is 356 g/mol. The second kappa shape index (κ2) is 11.2. The first kappa shape index (κ1) is 19.9. The lowest BCUT2D eigenvalue weighted by Crippen LogP contribution is -1.98.